The molecule has 0 unspecified atom stereocenters. The fourth-order valence-electron chi connectivity index (χ4n) is 3.35. The summed E-state index contributed by atoms with van der Waals surface area (Å²) in [6, 6.07) is 18.2. The monoisotopic (exact) mass is 350 g/mol. The first-order valence-corrected chi connectivity index (χ1v) is 8.64. The van der Waals surface area contributed by atoms with Gasteiger partial charge in [0.2, 0.25) is 0 Å². The van der Waals surface area contributed by atoms with Gasteiger partial charge in [-0.25, -0.2) is 0 Å². The lowest BCUT2D eigenvalue weighted by Crippen LogP contribution is -2.23. The number of rotatable bonds is 5. The van der Waals surface area contributed by atoms with E-state index in [1.165, 1.54) is 0 Å². The van der Waals surface area contributed by atoms with Gasteiger partial charge in [0, 0.05) is 36.3 Å². The summed E-state index contributed by atoms with van der Waals surface area (Å²) in [4.78, 5) is 2.25. The molecular formula is C21H22N2O3. The summed E-state index contributed by atoms with van der Waals surface area (Å²) >= 11 is 0. The molecule has 0 radical (unpaired) electrons. The van der Waals surface area contributed by atoms with Crippen LogP contribution in [0.5, 0.6) is 11.5 Å². The summed E-state index contributed by atoms with van der Waals surface area (Å²) in [5, 5.41) is 0. The van der Waals surface area contributed by atoms with Crippen LogP contribution in [0.4, 0.5) is 5.69 Å². The van der Waals surface area contributed by atoms with Crippen molar-refractivity contribution in [2.24, 2.45) is 0 Å². The Labute approximate surface area is 153 Å². The SMILES string of the molecule is COc1cccc(N2CCO[C@@H]2c2ccn(-c3ccccc3OC)c2)c1. The van der Waals surface area contributed by atoms with Gasteiger partial charge >= 0.3 is 0 Å². The Kier molecular flexibility index (Phi) is 4.54. The third kappa shape index (κ3) is 3.02. The van der Waals surface area contributed by atoms with E-state index in [0.29, 0.717) is 6.61 Å². The van der Waals surface area contributed by atoms with Crippen molar-refractivity contribution in [1.29, 1.82) is 0 Å². The normalized spacial score (nSPS) is 16.7. The van der Waals surface area contributed by atoms with Gasteiger partial charge in [-0.2, -0.15) is 0 Å². The second kappa shape index (κ2) is 7.14. The number of anilines is 1. The number of ether oxygens (including phenoxy) is 3. The summed E-state index contributed by atoms with van der Waals surface area (Å²) in [5.74, 6) is 1.69. The van der Waals surface area contributed by atoms with Crippen LogP contribution in [0.3, 0.4) is 0 Å². The van der Waals surface area contributed by atoms with Crippen molar-refractivity contribution < 1.29 is 14.2 Å². The standard InChI is InChI=1S/C21H22N2O3/c1-24-18-7-5-6-17(14-18)23-12-13-26-21(23)16-10-11-22(15-16)19-8-3-4-9-20(19)25-2/h3-11,14-15,21H,12-13H2,1-2H3/t21-/m1/s1. The molecule has 1 aliphatic heterocycles. The number of methoxy groups -OCH3 is 2. The molecule has 1 atom stereocenters. The lowest BCUT2D eigenvalue weighted by molar-refractivity contribution is 0.114. The van der Waals surface area contributed by atoms with E-state index in [9.17, 15) is 0 Å². The van der Waals surface area contributed by atoms with Crippen molar-refractivity contribution in [2.75, 3.05) is 32.3 Å². The minimum atomic E-state index is -0.113. The van der Waals surface area contributed by atoms with E-state index >= 15 is 0 Å². The maximum Gasteiger partial charge on any atom is 0.158 e. The van der Waals surface area contributed by atoms with Crippen LogP contribution in [0, 0.1) is 0 Å². The molecule has 1 aromatic heterocycles. The van der Waals surface area contributed by atoms with Crippen molar-refractivity contribution in [1.82, 2.24) is 4.57 Å². The summed E-state index contributed by atoms with van der Waals surface area (Å²) in [5.41, 5.74) is 3.21. The van der Waals surface area contributed by atoms with Crippen LogP contribution in [0.2, 0.25) is 0 Å². The minimum Gasteiger partial charge on any atom is -0.497 e. The Morgan fingerprint density at radius 1 is 1.00 bits per heavy atom. The number of para-hydroxylation sites is 2. The van der Waals surface area contributed by atoms with Crippen LogP contribution < -0.4 is 14.4 Å². The van der Waals surface area contributed by atoms with Crippen LogP contribution in [0.1, 0.15) is 11.8 Å². The molecule has 0 saturated carbocycles. The molecule has 0 N–H and O–H groups in total. The van der Waals surface area contributed by atoms with Gasteiger partial charge < -0.3 is 23.7 Å². The second-order valence-corrected chi connectivity index (χ2v) is 6.14. The highest BCUT2D eigenvalue weighted by Gasteiger charge is 2.28. The maximum absolute atomic E-state index is 6.03. The first-order valence-electron chi connectivity index (χ1n) is 8.64. The molecule has 26 heavy (non-hydrogen) atoms. The van der Waals surface area contributed by atoms with Crippen molar-refractivity contribution in [2.45, 2.75) is 6.23 Å². The Bertz CT molecular complexity index is 890. The predicted octanol–water partition coefficient (Wildman–Crippen LogP) is 4.03. The Morgan fingerprint density at radius 2 is 1.88 bits per heavy atom. The van der Waals surface area contributed by atoms with Gasteiger partial charge in [0.25, 0.3) is 0 Å². The fraction of sp³-hybridized carbons (Fsp3) is 0.238. The molecule has 0 bridgehead atoms. The number of aromatic nitrogens is 1. The molecule has 2 aromatic carbocycles. The number of nitrogens with zero attached hydrogens (tertiary/aromatic N) is 2. The molecule has 0 spiro atoms. The zero-order chi connectivity index (χ0) is 17.9. The lowest BCUT2D eigenvalue weighted by Gasteiger charge is -2.25. The van der Waals surface area contributed by atoms with Gasteiger partial charge in [-0.05, 0) is 30.3 Å². The van der Waals surface area contributed by atoms with Gasteiger partial charge in [-0.15, -0.1) is 0 Å². The topological polar surface area (TPSA) is 35.9 Å². The fourth-order valence-corrected chi connectivity index (χ4v) is 3.35. The third-order valence-electron chi connectivity index (χ3n) is 4.64. The maximum atomic E-state index is 6.03. The highest BCUT2D eigenvalue weighted by molar-refractivity contribution is 5.53. The first-order chi connectivity index (χ1) is 12.8. The average molecular weight is 350 g/mol. The van der Waals surface area contributed by atoms with E-state index in [-0.39, 0.29) is 6.23 Å². The number of hydrogen-bond donors (Lipinski definition) is 0. The minimum absolute atomic E-state index is 0.113. The highest BCUT2D eigenvalue weighted by atomic mass is 16.5. The second-order valence-electron chi connectivity index (χ2n) is 6.14. The molecule has 5 heteroatoms. The molecule has 1 saturated heterocycles. The quantitative estimate of drug-likeness (QED) is 0.696. The summed E-state index contributed by atoms with van der Waals surface area (Å²) in [6.45, 7) is 1.54. The summed E-state index contributed by atoms with van der Waals surface area (Å²) in [7, 11) is 3.37. The van der Waals surface area contributed by atoms with Crippen molar-refractivity contribution in [3.63, 3.8) is 0 Å². The predicted molar refractivity (Wildman–Crippen MR) is 101 cm³/mol. The smallest absolute Gasteiger partial charge is 0.158 e. The van der Waals surface area contributed by atoms with Gasteiger partial charge in [0.05, 0.1) is 26.5 Å². The van der Waals surface area contributed by atoms with Crippen LogP contribution in [-0.2, 0) is 4.74 Å². The lowest BCUT2D eigenvalue weighted by atomic mass is 10.2. The number of benzene rings is 2. The van der Waals surface area contributed by atoms with Gasteiger partial charge in [0.1, 0.15) is 11.5 Å². The Balaban J connectivity index is 1.64. The summed E-state index contributed by atoms with van der Waals surface area (Å²) < 4.78 is 18.9. The van der Waals surface area contributed by atoms with Crippen molar-refractivity contribution in [3.8, 4) is 17.2 Å². The Morgan fingerprint density at radius 3 is 2.73 bits per heavy atom. The summed E-state index contributed by atoms with van der Waals surface area (Å²) in [6.07, 6.45) is 4.03. The van der Waals surface area contributed by atoms with Crippen LogP contribution in [0.15, 0.2) is 67.0 Å². The van der Waals surface area contributed by atoms with Gasteiger partial charge in [-0.3, -0.25) is 0 Å². The molecule has 5 nitrogen and oxygen atoms in total. The zero-order valence-corrected chi connectivity index (χ0v) is 15.0. The molecule has 4 rings (SSSR count). The van der Waals surface area contributed by atoms with Crippen molar-refractivity contribution >= 4 is 5.69 Å². The molecule has 1 aliphatic rings. The van der Waals surface area contributed by atoms with E-state index < -0.39 is 0 Å². The molecule has 1 fully saturated rings. The molecule has 0 amide bonds. The van der Waals surface area contributed by atoms with Gasteiger partial charge in [-0.1, -0.05) is 18.2 Å². The van der Waals surface area contributed by atoms with E-state index in [0.717, 1.165) is 35.0 Å². The first kappa shape index (κ1) is 16.5. The van der Waals surface area contributed by atoms with Crippen molar-refractivity contribution in [3.05, 3.63) is 72.6 Å². The molecule has 2 heterocycles. The zero-order valence-electron chi connectivity index (χ0n) is 15.0. The largest absolute Gasteiger partial charge is 0.497 e. The highest BCUT2D eigenvalue weighted by Crippen LogP contribution is 2.34. The Hall–Kier alpha value is -2.92. The van der Waals surface area contributed by atoms with E-state index in [1.807, 2.05) is 48.7 Å². The number of hydrogen-bond acceptors (Lipinski definition) is 4. The van der Waals surface area contributed by atoms with E-state index in [2.05, 4.69) is 27.8 Å². The van der Waals surface area contributed by atoms with E-state index in [4.69, 9.17) is 14.2 Å². The van der Waals surface area contributed by atoms with Crippen LogP contribution in [-0.4, -0.2) is 31.9 Å². The van der Waals surface area contributed by atoms with E-state index in [1.54, 1.807) is 14.2 Å². The average Bonchev–Trinajstić information content (AvgIpc) is 3.37. The molecule has 134 valence electrons. The van der Waals surface area contributed by atoms with Crippen LogP contribution in [0.25, 0.3) is 5.69 Å². The van der Waals surface area contributed by atoms with Crippen LogP contribution >= 0.6 is 0 Å². The third-order valence-corrected chi connectivity index (χ3v) is 4.64. The molecular weight excluding hydrogens is 328 g/mol. The molecule has 3 aromatic rings. The molecule has 0 aliphatic carbocycles. The van der Waals surface area contributed by atoms with Gasteiger partial charge in [0.15, 0.2) is 6.23 Å².